The molecule has 0 aliphatic heterocycles. The van der Waals surface area contributed by atoms with Gasteiger partial charge in [0.1, 0.15) is 18.1 Å². The van der Waals surface area contributed by atoms with Crippen LogP contribution in [0.4, 0.5) is 0 Å². The minimum absolute atomic E-state index is 0.0570. The van der Waals surface area contributed by atoms with Gasteiger partial charge < -0.3 is 37.6 Å². The second kappa shape index (κ2) is 14.2. The van der Waals surface area contributed by atoms with E-state index in [9.17, 15) is 33.9 Å². The molecule has 0 heterocycles. The van der Waals surface area contributed by atoms with E-state index >= 15 is 0 Å². The summed E-state index contributed by atoms with van der Waals surface area (Å²) in [5.41, 5.74) is 10.6. The van der Waals surface area contributed by atoms with Crippen LogP contribution in [0.3, 0.4) is 0 Å². The second-order valence-corrected chi connectivity index (χ2v) is 7.91. The third-order valence-electron chi connectivity index (χ3n) is 4.19. The Hall–Kier alpha value is -2.87. The van der Waals surface area contributed by atoms with E-state index < -0.39 is 66.2 Å². The Morgan fingerprint density at radius 1 is 0.875 bits per heavy atom. The number of amides is 4. The van der Waals surface area contributed by atoms with Crippen LogP contribution < -0.4 is 27.4 Å². The van der Waals surface area contributed by atoms with E-state index in [1.165, 1.54) is 0 Å². The van der Waals surface area contributed by atoms with Gasteiger partial charge in [0.25, 0.3) is 0 Å². The van der Waals surface area contributed by atoms with Crippen molar-refractivity contribution in [2.75, 3.05) is 5.75 Å². The second-order valence-electron chi connectivity index (χ2n) is 7.54. The number of aliphatic carboxylic acids is 2. The van der Waals surface area contributed by atoms with Crippen molar-refractivity contribution in [1.82, 2.24) is 16.0 Å². The Morgan fingerprint density at radius 2 is 1.38 bits per heavy atom. The molecule has 0 saturated carbocycles. The predicted octanol–water partition coefficient (Wildman–Crippen LogP) is -2.43. The smallest absolute Gasteiger partial charge is 0.326 e. The molecule has 0 saturated heterocycles. The molecule has 32 heavy (non-hydrogen) atoms. The SMILES string of the molecule is CC(C)CC(NC(=O)C(CC(=O)O)NC(=O)C(CS)NC(=O)C(N)CCC(N)=O)C(=O)O. The molecule has 0 aromatic carbocycles. The van der Waals surface area contributed by atoms with E-state index in [0.717, 1.165) is 0 Å². The predicted molar refractivity (Wildman–Crippen MR) is 115 cm³/mol. The molecule has 4 atom stereocenters. The Labute approximate surface area is 190 Å². The van der Waals surface area contributed by atoms with Crippen LogP contribution in [-0.2, 0) is 28.8 Å². The van der Waals surface area contributed by atoms with E-state index in [1.54, 1.807) is 13.8 Å². The first-order valence-electron chi connectivity index (χ1n) is 9.78. The fraction of sp³-hybridized carbons (Fsp3) is 0.667. The number of hydrogen-bond donors (Lipinski definition) is 8. The van der Waals surface area contributed by atoms with Crippen molar-refractivity contribution in [3.05, 3.63) is 0 Å². The molecule has 182 valence electrons. The zero-order valence-corrected chi connectivity index (χ0v) is 18.8. The third-order valence-corrected chi connectivity index (χ3v) is 4.55. The summed E-state index contributed by atoms with van der Waals surface area (Å²) in [6.07, 6.45) is -0.933. The molecule has 4 amide bonds. The molecule has 14 heteroatoms. The van der Waals surface area contributed by atoms with Gasteiger partial charge >= 0.3 is 11.9 Å². The van der Waals surface area contributed by atoms with Gasteiger partial charge in [-0.25, -0.2) is 4.79 Å². The maximum absolute atomic E-state index is 12.5. The number of carboxylic acids is 2. The van der Waals surface area contributed by atoms with E-state index in [4.69, 9.17) is 16.6 Å². The number of nitrogens with one attached hydrogen (secondary N) is 3. The largest absolute Gasteiger partial charge is 0.481 e. The quantitative estimate of drug-likeness (QED) is 0.117. The van der Waals surface area contributed by atoms with Crippen LogP contribution in [-0.4, -0.2) is 75.7 Å². The monoisotopic (exact) mass is 477 g/mol. The lowest BCUT2D eigenvalue weighted by Crippen LogP contribution is -2.58. The molecule has 0 aliphatic carbocycles. The van der Waals surface area contributed by atoms with Gasteiger partial charge in [-0.15, -0.1) is 0 Å². The Balaban J connectivity index is 5.25. The lowest BCUT2D eigenvalue weighted by atomic mass is 10.0. The van der Waals surface area contributed by atoms with Gasteiger partial charge in [0.15, 0.2) is 0 Å². The summed E-state index contributed by atoms with van der Waals surface area (Å²) in [6, 6.07) is -5.29. The molecular formula is C18H31N5O8S. The number of rotatable bonds is 15. The minimum atomic E-state index is -1.60. The number of hydrogen-bond acceptors (Lipinski definition) is 8. The van der Waals surface area contributed by atoms with Crippen LogP contribution in [0.25, 0.3) is 0 Å². The van der Waals surface area contributed by atoms with Crippen LogP contribution in [0.5, 0.6) is 0 Å². The highest BCUT2D eigenvalue weighted by Gasteiger charge is 2.31. The van der Waals surface area contributed by atoms with Gasteiger partial charge in [-0.1, -0.05) is 13.8 Å². The first-order chi connectivity index (χ1) is 14.8. The Kier molecular flexibility index (Phi) is 13.0. The van der Waals surface area contributed by atoms with Crippen molar-refractivity contribution < 1.29 is 39.0 Å². The first kappa shape index (κ1) is 29.1. The molecule has 9 N–H and O–H groups in total. The molecule has 0 aliphatic rings. The maximum atomic E-state index is 12.5. The molecule has 0 aromatic heterocycles. The molecule has 0 fully saturated rings. The fourth-order valence-electron chi connectivity index (χ4n) is 2.52. The molecule has 0 bridgehead atoms. The van der Waals surface area contributed by atoms with E-state index in [-0.39, 0.29) is 30.9 Å². The van der Waals surface area contributed by atoms with Gasteiger partial charge in [-0.3, -0.25) is 24.0 Å². The fourth-order valence-corrected chi connectivity index (χ4v) is 2.78. The van der Waals surface area contributed by atoms with Gasteiger partial charge in [-0.2, -0.15) is 12.6 Å². The molecule has 13 nitrogen and oxygen atoms in total. The standard InChI is InChI=1S/C18H31N5O8S/c1-8(2)5-11(18(30)31)22-16(28)10(6-14(25)26)21-17(29)12(7-32)23-15(27)9(19)3-4-13(20)24/h8-12,32H,3-7,19H2,1-2H3,(H2,20,24)(H,21,29)(H,22,28)(H,23,27)(H,25,26)(H,30,31). The number of nitrogens with two attached hydrogens (primary N) is 2. The van der Waals surface area contributed by atoms with Crippen molar-refractivity contribution >= 4 is 48.2 Å². The maximum Gasteiger partial charge on any atom is 0.326 e. The van der Waals surface area contributed by atoms with Crippen LogP contribution in [0.2, 0.25) is 0 Å². The summed E-state index contributed by atoms with van der Waals surface area (Å²) < 4.78 is 0. The summed E-state index contributed by atoms with van der Waals surface area (Å²) in [5.74, 6) is -6.37. The lowest BCUT2D eigenvalue weighted by molar-refractivity contribution is -0.144. The number of carbonyl (C=O) groups excluding carboxylic acids is 4. The molecule has 0 spiro atoms. The van der Waals surface area contributed by atoms with E-state index in [2.05, 4.69) is 28.6 Å². The average molecular weight is 478 g/mol. The molecule has 0 radical (unpaired) electrons. The third kappa shape index (κ3) is 11.5. The summed E-state index contributed by atoms with van der Waals surface area (Å²) in [7, 11) is 0. The van der Waals surface area contributed by atoms with E-state index in [1.807, 2.05) is 0 Å². The zero-order valence-electron chi connectivity index (χ0n) is 17.9. The van der Waals surface area contributed by atoms with Crippen molar-refractivity contribution in [2.24, 2.45) is 17.4 Å². The highest BCUT2D eigenvalue weighted by molar-refractivity contribution is 7.80. The van der Waals surface area contributed by atoms with Gasteiger partial charge in [0.2, 0.25) is 23.6 Å². The van der Waals surface area contributed by atoms with Gasteiger partial charge in [0, 0.05) is 12.2 Å². The number of primary amides is 1. The van der Waals surface area contributed by atoms with Crippen LogP contribution in [0, 0.1) is 5.92 Å². The molecule has 0 aromatic rings. The number of carboxylic acid groups (broad SMARTS) is 2. The highest BCUT2D eigenvalue weighted by atomic mass is 32.1. The molecular weight excluding hydrogens is 446 g/mol. The van der Waals surface area contributed by atoms with Crippen molar-refractivity contribution in [2.45, 2.75) is 63.7 Å². The minimum Gasteiger partial charge on any atom is -0.481 e. The first-order valence-corrected chi connectivity index (χ1v) is 10.4. The van der Waals surface area contributed by atoms with Crippen molar-refractivity contribution in [3.8, 4) is 0 Å². The Morgan fingerprint density at radius 3 is 1.81 bits per heavy atom. The van der Waals surface area contributed by atoms with Crippen LogP contribution in [0.15, 0.2) is 0 Å². The van der Waals surface area contributed by atoms with Crippen LogP contribution >= 0.6 is 12.6 Å². The van der Waals surface area contributed by atoms with E-state index in [0.29, 0.717) is 0 Å². The van der Waals surface area contributed by atoms with Crippen molar-refractivity contribution in [3.63, 3.8) is 0 Å². The summed E-state index contributed by atoms with van der Waals surface area (Å²) in [6.45, 7) is 3.49. The Bertz CT molecular complexity index is 717. The normalized spacial score (nSPS) is 14.5. The number of carbonyl (C=O) groups is 6. The summed E-state index contributed by atoms with van der Waals surface area (Å²) in [4.78, 5) is 70.4. The summed E-state index contributed by atoms with van der Waals surface area (Å²) >= 11 is 3.96. The summed E-state index contributed by atoms with van der Waals surface area (Å²) in [5, 5.41) is 25.0. The van der Waals surface area contributed by atoms with Gasteiger partial charge in [-0.05, 0) is 18.8 Å². The molecule has 4 unspecified atom stereocenters. The lowest BCUT2D eigenvalue weighted by Gasteiger charge is -2.24. The zero-order chi connectivity index (χ0) is 25.0. The molecule has 0 rings (SSSR count). The van der Waals surface area contributed by atoms with Crippen LogP contribution in [0.1, 0.15) is 39.5 Å². The van der Waals surface area contributed by atoms with Gasteiger partial charge in [0.05, 0.1) is 12.5 Å². The number of thiol groups is 1. The van der Waals surface area contributed by atoms with Crippen molar-refractivity contribution in [1.29, 1.82) is 0 Å². The average Bonchev–Trinajstić information content (AvgIpc) is 2.67. The highest BCUT2D eigenvalue weighted by Crippen LogP contribution is 2.06. The topological polar surface area (TPSA) is 231 Å².